The largest absolute Gasteiger partial charge is 0.437 e. The average molecular weight is 493 g/mol. The number of hydrogen-bond donors (Lipinski definition) is 0. The first-order valence-electron chi connectivity index (χ1n) is 8.18. The fourth-order valence-electron chi connectivity index (χ4n) is 2.95. The van der Waals surface area contributed by atoms with E-state index < -0.39 is 0 Å². The van der Waals surface area contributed by atoms with Crippen molar-refractivity contribution >= 4 is 46.2 Å². The van der Waals surface area contributed by atoms with Crippen molar-refractivity contribution < 1.29 is 9.53 Å². The minimum Gasteiger partial charge on any atom is -0.437 e. The van der Waals surface area contributed by atoms with Gasteiger partial charge in [-0.15, -0.1) is 0 Å². The molecule has 6 nitrogen and oxygen atoms in total. The standard InChI is InChI=1S/C19H14ClIN4O2/c20-14-4-6-15(7-5-14)25-17(12-24(21)19(25)26)13-2-1-3-16(10-13)27-18-11-22-8-9-23-18/h1-11,17H,12H2. The summed E-state index contributed by atoms with van der Waals surface area (Å²) in [6.45, 7) is 0.566. The number of carbonyl (C=O) groups excluding carboxylic acids is 1. The van der Waals surface area contributed by atoms with E-state index in [2.05, 4.69) is 9.97 Å². The number of aromatic nitrogens is 2. The number of halogens is 2. The normalized spacial score (nSPS) is 16.7. The maximum Gasteiger partial charge on any atom is 0.333 e. The van der Waals surface area contributed by atoms with Crippen molar-refractivity contribution in [3.63, 3.8) is 0 Å². The highest BCUT2D eigenvalue weighted by Crippen LogP contribution is 2.37. The van der Waals surface area contributed by atoms with Gasteiger partial charge in [0.2, 0.25) is 5.88 Å². The topological polar surface area (TPSA) is 58.6 Å². The van der Waals surface area contributed by atoms with Crippen LogP contribution in [0.15, 0.2) is 67.1 Å². The Morgan fingerprint density at radius 1 is 1.15 bits per heavy atom. The zero-order valence-electron chi connectivity index (χ0n) is 14.0. The van der Waals surface area contributed by atoms with Gasteiger partial charge in [0, 0.05) is 23.1 Å². The number of urea groups is 1. The SMILES string of the molecule is O=C1N(I)CC(c2cccc(Oc3cnccn3)c2)N1c1ccc(Cl)cc1. The van der Waals surface area contributed by atoms with Gasteiger partial charge in [0.1, 0.15) is 5.75 Å². The summed E-state index contributed by atoms with van der Waals surface area (Å²) < 4.78 is 7.45. The van der Waals surface area contributed by atoms with Crippen LogP contribution < -0.4 is 9.64 Å². The molecule has 1 unspecified atom stereocenters. The van der Waals surface area contributed by atoms with Gasteiger partial charge in [0.25, 0.3) is 0 Å². The second-order valence-corrected chi connectivity index (χ2v) is 7.51. The predicted octanol–water partition coefficient (Wildman–Crippen LogP) is 5.26. The molecule has 1 atom stereocenters. The summed E-state index contributed by atoms with van der Waals surface area (Å²) in [6, 6.07) is 14.7. The monoisotopic (exact) mass is 492 g/mol. The summed E-state index contributed by atoms with van der Waals surface area (Å²) in [5.74, 6) is 1.06. The molecule has 8 heteroatoms. The van der Waals surface area contributed by atoms with Crippen LogP contribution >= 0.6 is 34.5 Å². The molecule has 2 amide bonds. The molecule has 1 saturated heterocycles. The van der Waals surface area contributed by atoms with Crippen molar-refractivity contribution in [1.82, 2.24) is 13.1 Å². The van der Waals surface area contributed by atoms with Gasteiger partial charge in [-0.25, -0.2) is 9.78 Å². The van der Waals surface area contributed by atoms with Crippen molar-refractivity contribution in [2.75, 3.05) is 11.4 Å². The highest BCUT2D eigenvalue weighted by Gasteiger charge is 2.38. The fraction of sp³-hybridized carbons (Fsp3) is 0.105. The summed E-state index contributed by atoms with van der Waals surface area (Å²) in [7, 11) is 0. The third kappa shape index (κ3) is 3.84. The summed E-state index contributed by atoms with van der Waals surface area (Å²) in [6.07, 6.45) is 4.72. The Morgan fingerprint density at radius 3 is 2.70 bits per heavy atom. The number of benzene rings is 2. The zero-order chi connectivity index (χ0) is 18.8. The Kier molecular flexibility index (Phi) is 5.13. The van der Waals surface area contributed by atoms with Gasteiger partial charge in [-0.1, -0.05) is 23.7 Å². The zero-order valence-corrected chi connectivity index (χ0v) is 16.9. The molecule has 0 saturated carbocycles. The van der Waals surface area contributed by atoms with Crippen molar-refractivity contribution in [2.24, 2.45) is 0 Å². The Balaban J connectivity index is 1.65. The lowest BCUT2D eigenvalue weighted by Crippen LogP contribution is -2.28. The van der Waals surface area contributed by atoms with Gasteiger partial charge in [0.15, 0.2) is 0 Å². The van der Waals surface area contributed by atoms with E-state index in [0.29, 0.717) is 23.2 Å². The molecule has 0 radical (unpaired) electrons. The van der Waals surface area contributed by atoms with Crippen LogP contribution in [-0.4, -0.2) is 25.7 Å². The third-order valence-corrected chi connectivity index (χ3v) is 5.23. The lowest BCUT2D eigenvalue weighted by atomic mass is 10.1. The maximum atomic E-state index is 12.7. The molecule has 0 aliphatic carbocycles. The number of nitrogens with zero attached hydrogens (tertiary/aromatic N) is 4. The molecule has 1 fully saturated rings. The van der Waals surface area contributed by atoms with Gasteiger partial charge in [-0.3, -0.25) is 13.0 Å². The van der Waals surface area contributed by atoms with Crippen molar-refractivity contribution in [2.45, 2.75) is 6.04 Å². The molecule has 3 aromatic rings. The van der Waals surface area contributed by atoms with E-state index in [1.54, 1.807) is 38.7 Å². The number of carbonyl (C=O) groups is 1. The number of anilines is 1. The van der Waals surface area contributed by atoms with E-state index >= 15 is 0 Å². The molecular weight excluding hydrogens is 479 g/mol. The van der Waals surface area contributed by atoms with Crippen molar-refractivity contribution in [3.8, 4) is 11.6 Å². The number of hydrogen-bond acceptors (Lipinski definition) is 4. The van der Waals surface area contributed by atoms with E-state index in [1.165, 1.54) is 0 Å². The lowest BCUT2D eigenvalue weighted by Gasteiger charge is -2.23. The van der Waals surface area contributed by atoms with Crippen LogP contribution in [0.2, 0.25) is 5.02 Å². The average Bonchev–Trinajstić information content (AvgIpc) is 2.98. The molecule has 1 aliphatic rings. The van der Waals surface area contributed by atoms with Crippen molar-refractivity contribution in [1.29, 1.82) is 0 Å². The molecule has 2 heterocycles. The Morgan fingerprint density at radius 2 is 1.96 bits per heavy atom. The molecule has 1 aliphatic heterocycles. The second kappa shape index (κ2) is 7.69. The van der Waals surface area contributed by atoms with Gasteiger partial charge in [-0.2, -0.15) is 0 Å². The van der Waals surface area contributed by atoms with Gasteiger partial charge >= 0.3 is 6.03 Å². The minimum atomic E-state index is -0.138. The molecule has 27 heavy (non-hydrogen) atoms. The Hall–Kier alpha value is -2.39. The van der Waals surface area contributed by atoms with E-state index in [4.69, 9.17) is 16.3 Å². The van der Waals surface area contributed by atoms with Gasteiger partial charge in [0.05, 0.1) is 41.6 Å². The first kappa shape index (κ1) is 18.0. The molecule has 1 aromatic heterocycles. The first-order valence-corrected chi connectivity index (χ1v) is 9.52. The van der Waals surface area contributed by atoms with Gasteiger partial charge in [-0.05, 0) is 42.0 Å². The molecule has 0 spiro atoms. The van der Waals surface area contributed by atoms with Crippen LogP contribution in [0.1, 0.15) is 11.6 Å². The van der Waals surface area contributed by atoms with Crippen LogP contribution in [-0.2, 0) is 0 Å². The van der Waals surface area contributed by atoms with E-state index in [1.807, 2.05) is 59.3 Å². The lowest BCUT2D eigenvalue weighted by molar-refractivity contribution is 0.244. The highest BCUT2D eigenvalue weighted by molar-refractivity contribution is 14.1. The van der Waals surface area contributed by atoms with E-state index in [0.717, 1.165) is 11.3 Å². The predicted molar refractivity (Wildman–Crippen MR) is 111 cm³/mol. The van der Waals surface area contributed by atoms with Crippen molar-refractivity contribution in [3.05, 3.63) is 77.7 Å². The summed E-state index contributed by atoms with van der Waals surface area (Å²) in [4.78, 5) is 22.6. The van der Waals surface area contributed by atoms with E-state index in [-0.39, 0.29) is 12.1 Å². The highest BCUT2D eigenvalue weighted by atomic mass is 127. The smallest absolute Gasteiger partial charge is 0.333 e. The van der Waals surface area contributed by atoms with Crippen LogP contribution in [0.5, 0.6) is 11.6 Å². The molecular formula is C19H14ClIN4O2. The number of amides is 2. The third-order valence-electron chi connectivity index (χ3n) is 4.17. The van der Waals surface area contributed by atoms with Gasteiger partial charge < -0.3 is 4.74 Å². The molecule has 136 valence electrons. The quantitative estimate of drug-likeness (QED) is 0.368. The number of ether oxygens (including phenoxy) is 1. The van der Waals surface area contributed by atoms with Crippen LogP contribution in [0.3, 0.4) is 0 Å². The molecule has 0 bridgehead atoms. The summed E-state index contributed by atoms with van der Waals surface area (Å²) in [5, 5.41) is 0.632. The number of rotatable bonds is 4. The van der Waals surface area contributed by atoms with Crippen LogP contribution in [0.4, 0.5) is 10.5 Å². The van der Waals surface area contributed by atoms with Crippen LogP contribution in [0.25, 0.3) is 0 Å². The maximum absolute atomic E-state index is 12.7. The molecule has 2 aromatic carbocycles. The second-order valence-electron chi connectivity index (χ2n) is 5.91. The summed E-state index contributed by atoms with van der Waals surface area (Å²) in [5.41, 5.74) is 1.77. The fourth-order valence-corrected chi connectivity index (χ4v) is 3.68. The first-order chi connectivity index (χ1) is 13.1. The summed E-state index contributed by atoms with van der Waals surface area (Å²) >= 11 is 8.03. The Labute approximate surface area is 175 Å². The van der Waals surface area contributed by atoms with Crippen LogP contribution in [0, 0.1) is 0 Å². The van der Waals surface area contributed by atoms with E-state index in [9.17, 15) is 4.79 Å². The minimum absolute atomic E-state index is 0.0665. The molecule has 0 N–H and O–H groups in total. The Bertz CT molecular complexity index is 955. The molecule has 4 rings (SSSR count).